The van der Waals surface area contributed by atoms with E-state index in [1.165, 1.54) is 0 Å². The third-order valence-corrected chi connectivity index (χ3v) is 8.69. The molecule has 1 saturated heterocycles. The molecule has 44 heavy (non-hydrogen) atoms. The summed E-state index contributed by atoms with van der Waals surface area (Å²) in [6, 6.07) is 24.1. The number of hydrogen-bond donors (Lipinski definition) is 4. The van der Waals surface area contributed by atoms with Crippen molar-refractivity contribution in [2.75, 3.05) is 18.1 Å². The molecule has 8 nitrogen and oxygen atoms in total. The van der Waals surface area contributed by atoms with Crippen molar-refractivity contribution in [2.45, 2.75) is 76.6 Å². The van der Waals surface area contributed by atoms with Crippen LogP contribution in [0.5, 0.6) is 0 Å². The van der Waals surface area contributed by atoms with Crippen LogP contribution in [-0.2, 0) is 32.2 Å². The van der Waals surface area contributed by atoms with E-state index in [1.807, 2.05) is 60.7 Å². The monoisotopic (exact) mass is 621 g/mol. The van der Waals surface area contributed by atoms with Crippen molar-refractivity contribution >= 4 is 23.6 Å². The van der Waals surface area contributed by atoms with Crippen molar-refractivity contribution in [3.63, 3.8) is 0 Å². The van der Waals surface area contributed by atoms with Crippen LogP contribution in [0.25, 0.3) is 11.1 Å². The first-order valence-corrected chi connectivity index (χ1v) is 16.5. The zero-order valence-corrected chi connectivity index (χ0v) is 25.8. The summed E-state index contributed by atoms with van der Waals surface area (Å²) >= 11 is 1.66. The number of carbonyl (C=O) groups is 2. The number of aliphatic carboxylic acids is 1. The summed E-state index contributed by atoms with van der Waals surface area (Å²) in [5.74, 6) is 0.626. The minimum absolute atomic E-state index is 0.00406. The highest BCUT2D eigenvalue weighted by Gasteiger charge is 2.32. The van der Waals surface area contributed by atoms with E-state index < -0.39 is 12.3 Å². The third kappa shape index (κ3) is 10.7. The van der Waals surface area contributed by atoms with Gasteiger partial charge >= 0.3 is 5.97 Å². The maximum Gasteiger partial charge on any atom is 0.303 e. The molecular weight excluding hydrogens is 578 g/mol. The average molecular weight is 622 g/mol. The molecule has 3 atom stereocenters. The number of rotatable bonds is 17. The Kier molecular flexibility index (Phi) is 13.7. The van der Waals surface area contributed by atoms with Crippen molar-refractivity contribution in [2.24, 2.45) is 0 Å². The molecule has 0 aliphatic carbocycles. The Balaban J connectivity index is 1.39. The van der Waals surface area contributed by atoms with Crippen LogP contribution in [-0.4, -0.2) is 51.4 Å². The molecule has 1 aliphatic rings. The summed E-state index contributed by atoms with van der Waals surface area (Å²) in [6.45, 7) is 0.560. The van der Waals surface area contributed by atoms with E-state index in [2.05, 4.69) is 17.4 Å². The lowest BCUT2D eigenvalue weighted by molar-refractivity contribution is -0.245. The Hall–Kier alpha value is -3.21. The van der Waals surface area contributed by atoms with E-state index in [1.54, 1.807) is 11.8 Å². The molecule has 4 N–H and O–H groups in total. The second-order valence-electron chi connectivity index (χ2n) is 11.1. The number of unbranched alkanes of at least 4 members (excludes halogenated alkanes) is 3. The summed E-state index contributed by atoms with van der Waals surface area (Å²) in [5, 5.41) is 30.4. The number of carboxylic acids is 1. The third-order valence-electron chi connectivity index (χ3n) is 7.61. The van der Waals surface area contributed by atoms with E-state index in [4.69, 9.17) is 14.6 Å². The molecule has 236 valence electrons. The number of thioether (sulfide) groups is 1. The maximum absolute atomic E-state index is 12.3. The topological polar surface area (TPSA) is 125 Å². The molecule has 1 aliphatic heterocycles. The maximum atomic E-state index is 12.3. The van der Waals surface area contributed by atoms with Crippen molar-refractivity contribution < 1.29 is 34.4 Å². The quantitative estimate of drug-likeness (QED) is 0.132. The fourth-order valence-electron chi connectivity index (χ4n) is 5.23. The van der Waals surface area contributed by atoms with Gasteiger partial charge in [0.2, 0.25) is 5.91 Å². The van der Waals surface area contributed by atoms with Gasteiger partial charge in [0, 0.05) is 42.9 Å². The summed E-state index contributed by atoms with van der Waals surface area (Å²) in [4.78, 5) is 22.9. The summed E-state index contributed by atoms with van der Waals surface area (Å²) in [6.07, 6.45) is 3.60. The molecule has 0 spiro atoms. The number of aliphatic hydroxyl groups is 2. The Bertz CT molecular complexity index is 1330. The Morgan fingerprint density at radius 1 is 0.818 bits per heavy atom. The first-order chi connectivity index (χ1) is 21.4. The van der Waals surface area contributed by atoms with Gasteiger partial charge in [0.1, 0.15) is 0 Å². The van der Waals surface area contributed by atoms with E-state index >= 15 is 0 Å². The second-order valence-corrected chi connectivity index (χ2v) is 12.2. The van der Waals surface area contributed by atoms with Gasteiger partial charge in [-0.1, -0.05) is 73.5 Å². The average Bonchev–Trinajstić information content (AvgIpc) is 3.05. The van der Waals surface area contributed by atoms with Gasteiger partial charge in [-0.15, -0.1) is 0 Å². The van der Waals surface area contributed by atoms with Crippen LogP contribution >= 0.6 is 11.8 Å². The molecule has 0 bridgehead atoms. The Morgan fingerprint density at radius 3 is 2.27 bits per heavy atom. The van der Waals surface area contributed by atoms with Gasteiger partial charge in [-0.25, -0.2) is 0 Å². The van der Waals surface area contributed by atoms with Crippen LogP contribution < -0.4 is 5.32 Å². The summed E-state index contributed by atoms with van der Waals surface area (Å²) in [5.41, 5.74) is 5.85. The SMILES string of the molecule is O=C(O)CCCCCCC(=O)NCc1cccc(-c2cccc(C3OC(CSCCO)CC(c4ccc(CO)cc4)O3)c2)c1. The standard InChI is InChI=1S/C35H43NO7S/c37-17-18-44-24-31-21-32(27-15-13-25(23-38)14-16-27)43-35(42-31)30-10-6-9-29(20-30)28-8-5-7-26(19-28)22-36-33(39)11-3-1-2-4-12-34(40)41/h5-10,13-16,19-20,31-32,35,37-38H,1-4,11-12,17-18,21-24H2,(H,36,39)(H,40,41). The van der Waals surface area contributed by atoms with Crippen LogP contribution in [0.3, 0.4) is 0 Å². The van der Waals surface area contributed by atoms with E-state index in [0.717, 1.165) is 58.4 Å². The van der Waals surface area contributed by atoms with Crippen molar-refractivity contribution in [1.29, 1.82) is 0 Å². The first-order valence-electron chi connectivity index (χ1n) is 15.3. The van der Waals surface area contributed by atoms with Gasteiger partial charge in [-0.2, -0.15) is 11.8 Å². The number of benzene rings is 3. The van der Waals surface area contributed by atoms with Gasteiger partial charge in [0.05, 0.1) is 25.4 Å². The highest BCUT2D eigenvalue weighted by atomic mass is 32.2. The number of ether oxygens (including phenoxy) is 2. The normalized spacial score (nSPS) is 18.2. The van der Waals surface area contributed by atoms with Gasteiger partial charge in [0.15, 0.2) is 6.29 Å². The van der Waals surface area contributed by atoms with Gasteiger partial charge in [-0.05, 0) is 52.8 Å². The molecule has 1 fully saturated rings. The van der Waals surface area contributed by atoms with Crippen LogP contribution in [0.1, 0.15) is 79.6 Å². The number of aliphatic hydroxyl groups excluding tert-OH is 2. The largest absolute Gasteiger partial charge is 0.481 e. The lowest BCUT2D eigenvalue weighted by Crippen LogP contribution is -2.31. The van der Waals surface area contributed by atoms with Crippen LogP contribution in [0.2, 0.25) is 0 Å². The lowest BCUT2D eigenvalue weighted by atomic mass is 9.99. The number of nitrogens with one attached hydrogen (secondary N) is 1. The predicted molar refractivity (Wildman–Crippen MR) is 172 cm³/mol. The predicted octanol–water partition coefficient (Wildman–Crippen LogP) is 6.16. The van der Waals surface area contributed by atoms with Crippen LogP contribution in [0, 0.1) is 0 Å². The van der Waals surface area contributed by atoms with Crippen LogP contribution in [0.15, 0.2) is 72.8 Å². The fraction of sp³-hybridized carbons (Fsp3) is 0.429. The number of carbonyl (C=O) groups excluding carboxylic acids is 1. The van der Waals surface area contributed by atoms with Gasteiger partial charge < -0.3 is 30.1 Å². The smallest absolute Gasteiger partial charge is 0.303 e. The number of amides is 1. The first kappa shape index (κ1) is 33.7. The summed E-state index contributed by atoms with van der Waals surface area (Å²) in [7, 11) is 0. The van der Waals surface area contributed by atoms with Crippen LogP contribution in [0.4, 0.5) is 0 Å². The second kappa shape index (κ2) is 17.9. The number of hydrogen-bond acceptors (Lipinski definition) is 7. The molecule has 0 aromatic heterocycles. The molecule has 3 aromatic rings. The zero-order chi connectivity index (χ0) is 31.1. The van der Waals surface area contributed by atoms with Crippen molar-refractivity contribution in [1.82, 2.24) is 5.32 Å². The molecule has 1 amide bonds. The van der Waals surface area contributed by atoms with Crippen molar-refractivity contribution in [3.05, 3.63) is 95.1 Å². The minimum Gasteiger partial charge on any atom is -0.481 e. The molecule has 1 heterocycles. The molecule has 0 saturated carbocycles. The molecular formula is C35H43NO7S. The van der Waals surface area contributed by atoms with E-state index in [9.17, 15) is 19.8 Å². The van der Waals surface area contributed by atoms with Crippen molar-refractivity contribution in [3.8, 4) is 11.1 Å². The van der Waals surface area contributed by atoms with Gasteiger partial charge in [0.25, 0.3) is 0 Å². The van der Waals surface area contributed by atoms with E-state index in [0.29, 0.717) is 31.6 Å². The molecule has 3 aromatic carbocycles. The molecule has 9 heteroatoms. The van der Waals surface area contributed by atoms with E-state index in [-0.39, 0.29) is 37.7 Å². The Labute approximate surface area is 263 Å². The highest BCUT2D eigenvalue weighted by molar-refractivity contribution is 7.99. The minimum atomic E-state index is -0.777. The highest BCUT2D eigenvalue weighted by Crippen LogP contribution is 2.39. The fourth-order valence-corrected chi connectivity index (χ4v) is 6.01. The Morgan fingerprint density at radius 2 is 1.55 bits per heavy atom. The molecule has 0 radical (unpaired) electrons. The lowest BCUT2D eigenvalue weighted by Gasteiger charge is -2.36. The molecule has 4 rings (SSSR count). The zero-order valence-electron chi connectivity index (χ0n) is 25.0. The molecule has 3 unspecified atom stereocenters. The summed E-state index contributed by atoms with van der Waals surface area (Å²) < 4.78 is 12.9. The number of carboxylic acid groups (broad SMARTS) is 1. The van der Waals surface area contributed by atoms with Gasteiger partial charge in [-0.3, -0.25) is 9.59 Å².